The summed E-state index contributed by atoms with van der Waals surface area (Å²) >= 11 is 0. The molecule has 4 rings (SSSR count). The van der Waals surface area contributed by atoms with Crippen LogP contribution >= 0.6 is 0 Å². The van der Waals surface area contributed by atoms with Gasteiger partial charge < -0.3 is 10.2 Å². The lowest BCUT2D eigenvalue weighted by Crippen LogP contribution is -2.41. The molecule has 186 valence electrons. The van der Waals surface area contributed by atoms with Crippen LogP contribution in [0.4, 0.5) is 0 Å². The predicted octanol–water partition coefficient (Wildman–Crippen LogP) is 3.75. The van der Waals surface area contributed by atoms with E-state index < -0.39 is 0 Å². The summed E-state index contributed by atoms with van der Waals surface area (Å²) in [4.78, 5) is 27.5. The van der Waals surface area contributed by atoms with Gasteiger partial charge in [-0.15, -0.1) is 0 Å². The third-order valence-electron chi connectivity index (χ3n) is 6.70. The van der Waals surface area contributed by atoms with Crippen LogP contribution in [0.3, 0.4) is 0 Å². The summed E-state index contributed by atoms with van der Waals surface area (Å²) in [6.45, 7) is 12.0. The van der Waals surface area contributed by atoms with Crippen molar-refractivity contribution in [2.24, 2.45) is 5.92 Å². The molecule has 2 amide bonds. The Balaban J connectivity index is 1.24. The molecule has 0 radical (unpaired) electrons. The van der Waals surface area contributed by atoms with E-state index in [9.17, 15) is 9.59 Å². The van der Waals surface area contributed by atoms with Crippen molar-refractivity contribution in [2.75, 3.05) is 13.1 Å². The molecule has 3 heterocycles. The number of nitrogens with one attached hydrogen (secondary N) is 1. The minimum Gasteiger partial charge on any atom is -0.352 e. The van der Waals surface area contributed by atoms with Gasteiger partial charge in [0.25, 0.3) is 5.91 Å². The zero-order valence-electron chi connectivity index (χ0n) is 21.4. The minimum absolute atomic E-state index is 0.0135. The fourth-order valence-corrected chi connectivity index (χ4v) is 4.92. The number of piperidine rings is 1. The van der Waals surface area contributed by atoms with Crippen LogP contribution in [0.25, 0.3) is 5.69 Å². The molecule has 8 heteroatoms. The third-order valence-corrected chi connectivity index (χ3v) is 6.70. The van der Waals surface area contributed by atoms with Gasteiger partial charge in [-0.25, -0.2) is 4.68 Å². The van der Waals surface area contributed by atoms with Crippen molar-refractivity contribution >= 4 is 11.8 Å². The average Bonchev–Trinajstić information content (AvgIpc) is 3.32. The van der Waals surface area contributed by atoms with Gasteiger partial charge in [0.2, 0.25) is 5.91 Å². The van der Waals surface area contributed by atoms with Crippen LogP contribution in [0, 0.1) is 33.6 Å². The number of amides is 2. The first-order valence-corrected chi connectivity index (χ1v) is 12.4. The number of nitrogens with zero attached hydrogens (tertiary/aromatic N) is 5. The zero-order chi connectivity index (χ0) is 25.1. The van der Waals surface area contributed by atoms with Crippen molar-refractivity contribution in [3.8, 4) is 5.69 Å². The molecule has 1 fully saturated rings. The van der Waals surface area contributed by atoms with Crippen molar-refractivity contribution < 1.29 is 9.59 Å². The number of carbonyl (C=O) groups excluding carboxylic acids is 2. The van der Waals surface area contributed by atoms with E-state index in [1.54, 1.807) is 0 Å². The predicted molar refractivity (Wildman–Crippen MR) is 136 cm³/mol. The summed E-state index contributed by atoms with van der Waals surface area (Å²) in [5, 5.41) is 12.1. The highest BCUT2D eigenvalue weighted by Crippen LogP contribution is 2.22. The molecule has 35 heavy (non-hydrogen) atoms. The van der Waals surface area contributed by atoms with Crippen LogP contribution in [0.1, 0.15) is 59.3 Å². The van der Waals surface area contributed by atoms with E-state index in [1.165, 1.54) is 0 Å². The summed E-state index contributed by atoms with van der Waals surface area (Å²) in [6, 6.07) is 11.7. The second-order valence-electron chi connectivity index (χ2n) is 9.90. The van der Waals surface area contributed by atoms with Crippen LogP contribution in [0.15, 0.2) is 36.4 Å². The molecule has 0 saturated carbocycles. The molecule has 1 aliphatic heterocycles. The van der Waals surface area contributed by atoms with Crippen LogP contribution in [-0.4, -0.2) is 55.4 Å². The number of hydrogen-bond donors (Lipinski definition) is 1. The van der Waals surface area contributed by atoms with Gasteiger partial charge in [0.1, 0.15) is 0 Å². The van der Waals surface area contributed by atoms with Gasteiger partial charge in [-0.3, -0.25) is 14.3 Å². The van der Waals surface area contributed by atoms with Gasteiger partial charge in [0, 0.05) is 42.5 Å². The topological polar surface area (TPSA) is 85.0 Å². The van der Waals surface area contributed by atoms with Gasteiger partial charge in [-0.2, -0.15) is 10.2 Å². The van der Waals surface area contributed by atoms with E-state index in [0.717, 1.165) is 41.3 Å². The molecule has 1 unspecified atom stereocenters. The Kier molecular flexibility index (Phi) is 7.38. The average molecular weight is 477 g/mol. The lowest BCUT2D eigenvalue weighted by atomic mass is 9.92. The summed E-state index contributed by atoms with van der Waals surface area (Å²) in [5.41, 5.74) is 5.75. The van der Waals surface area contributed by atoms with Crippen LogP contribution < -0.4 is 5.32 Å². The number of likely N-dealkylation sites (tertiary alicyclic amines) is 1. The molecule has 0 bridgehead atoms. The fourth-order valence-electron chi connectivity index (χ4n) is 4.92. The number of hydrogen-bond acceptors (Lipinski definition) is 4. The van der Waals surface area contributed by atoms with Crippen molar-refractivity contribution in [2.45, 2.75) is 66.5 Å². The first-order valence-electron chi connectivity index (χ1n) is 12.4. The number of aryl methyl sites for hydroxylation is 4. The minimum atomic E-state index is 0.0135. The van der Waals surface area contributed by atoms with Gasteiger partial charge in [-0.1, -0.05) is 0 Å². The van der Waals surface area contributed by atoms with E-state index in [-0.39, 0.29) is 17.9 Å². The van der Waals surface area contributed by atoms with Crippen molar-refractivity contribution in [3.05, 3.63) is 64.7 Å². The Morgan fingerprint density at radius 1 is 0.971 bits per heavy atom. The number of rotatable bonds is 7. The second-order valence-corrected chi connectivity index (χ2v) is 9.90. The third kappa shape index (κ3) is 5.99. The van der Waals surface area contributed by atoms with Gasteiger partial charge in [0.15, 0.2) is 0 Å². The smallest absolute Gasteiger partial charge is 0.253 e. The Bertz CT molecular complexity index is 1180. The monoisotopic (exact) mass is 476 g/mol. The van der Waals surface area contributed by atoms with E-state index in [1.807, 2.05) is 85.3 Å². The second kappa shape index (κ2) is 10.5. The van der Waals surface area contributed by atoms with Gasteiger partial charge in [-0.05, 0) is 89.8 Å². The fraction of sp³-hybridized carbons (Fsp3) is 0.481. The quantitative estimate of drug-likeness (QED) is 0.563. The molecule has 1 N–H and O–H groups in total. The van der Waals surface area contributed by atoms with E-state index in [0.29, 0.717) is 37.5 Å². The number of benzene rings is 1. The summed E-state index contributed by atoms with van der Waals surface area (Å²) in [6.07, 6.45) is 2.19. The van der Waals surface area contributed by atoms with Gasteiger partial charge >= 0.3 is 0 Å². The van der Waals surface area contributed by atoms with E-state index in [4.69, 9.17) is 0 Å². The summed E-state index contributed by atoms with van der Waals surface area (Å²) in [5.74, 6) is 0.420. The Hall–Kier alpha value is -3.42. The highest BCUT2D eigenvalue weighted by Gasteiger charge is 2.25. The van der Waals surface area contributed by atoms with Crippen LogP contribution in [0.5, 0.6) is 0 Å². The zero-order valence-corrected chi connectivity index (χ0v) is 21.4. The maximum atomic E-state index is 13.0. The molecule has 0 spiro atoms. The molecule has 1 aliphatic rings. The molecule has 1 atom stereocenters. The Morgan fingerprint density at radius 3 is 2.17 bits per heavy atom. The summed E-state index contributed by atoms with van der Waals surface area (Å²) in [7, 11) is 0. The molecule has 1 saturated heterocycles. The molecular weight excluding hydrogens is 440 g/mol. The first kappa shape index (κ1) is 24.7. The Morgan fingerprint density at radius 2 is 1.60 bits per heavy atom. The first-order chi connectivity index (χ1) is 16.7. The maximum absolute atomic E-state index is 13.0. The van der Waals surface area contributed by atoms with Crippen LogP contribution in [-0.2, 0) is 11.3 Å². The normalized spacial score (nSPS) is 15.3. The number of carbonyl (C=O) groups is 2. The number of aromatic nitrogens is 4. The molecule has 1 aromatic carbocycles. The SMILES string of the molecule is Cc1cc(C)n(CC(C)NC(=O)CC2CCN(C(=O)c3ccc(-n4nc(C)cc4C)cc3)CC2)n1. The van der Waals surface area contributed by atoms with Crippen molar-refractivity contribution in [3.63, 3.8) is 0 Å². The molecule has 3 aromatic rings. The molecular formula is C27H36N6O2. The highest BCUT2D eigenvalue weighted by molar-refractivity contribution is 5.94. The lowest BCUT2D eigenvalue weighted by molar-refractivity contribution is -0.123. The van der Waals surface area contributed by atoms with Gasteiger partial charge in [0.05, 0.1) is 23.6 Å². The molecule has 2 aromatic heterocycles. The van der Waals surface area contributed by atoms with E-state index in [2.05, 4.69) is 15.5 Å². The maximum Gasteiger partial charge on any atom is 0.253 e. The molecule has 8 nitrogen and oxygen atoms in total. The standard InChI is InChI=1S/C27H36N6O2/c1-18-14-21(4)32(29-18)17-20(3)28-26(34)16-23-10-12-31(13-11-23)27(35)24-6-8-25(9-7-24)33-22(5)15-19(2)30-33/h6-9,14-15,20,23H,10-13,16-17H2,1-5H3,(H,28,34). The van der Waals surface area contributed by atoms with Crippen molar-refractivity contribution in [1.29, 1.82) is 0 Å². The summed E-state index contributed by atoms with van der Waals surface area (Å²) < 4.78 is 3.83. The molecule has 0 aliphatic carbocycles. The Labute approximate surface area is 207 Å². The largest absolute Gasteiger partial charge is 0.352 e. The van der Waals surface area contributed by atoms with Crippen LogP contribution in [0.2, 0.25) is 0 Å². The highest BCUT2D eigenvalue weighted by atomic mass is 16.2. The van der Waals surface area contributed by atoms with Crippen molar-refractivity contribution in [1.82, 2.24) is 29.8 Å². The lowest BCUT2D eigenvalue weighted by Gasteiger charge is -2.32. The van der Waals surface area contributed by atoms with E-state index >= 15 is 0 Å².